The van der Waals surface area contributed by atoms with E-state index in [0.717, 1.165) is 22.6 Å². The van der Waals surface area contributed by atoms with Crippen molar-refractivity contribution in [2.75, 3.05) is 39.2 Å². The second kappa shape index (κ2) is 11.4. The van der Waals surface area contributed by atoms with Gasteiger partial charge in [-0.15, -0.1) is 25.6 Å². The van der Waals surface area contributed by atoms with Crippen molar-refractivity contribution in [2.45, 2.75) is 12.9 Å². The molecular weight excluding hydrogens is 481 g/mol. The summed E-state index contributed by atoms with van der Waals surface area (Å²) in [5.41, 5.74) is 1.38. The Bertz CT molecular complexity index is 1060. The number of amides is 2. The Morgan fingerprint density at radius 2 is 1.76 bits per heavy atom. The average molecular weight is 505 g/mol. The highest BCUT2D eigenvalue weighted by Gasteiger charge is 2.31. The minimum absolute atomic E-state index is 0. The standard InChI is InChI=1S/C21H23F3N4O3S.ClH/c1-27(2)10-11-28(19(29)25-13-14-4-6-15(30-3)7-5-14)20-26-17-9-8-16(12-18(17)32-20)31-21(22,23)24;/h4-9,12H,10-11,13H2,1-3H3,(H,25,29);1H. The quantitative estimate of drug-likeness (QED) is 0.472. The molecule has 12 heteroatoms. The number of fused-ring (bicyclic) bond motifs is 1. The van der Waals surface area contributed by atoms with E-state index < -0.39 is 6.36 Å². The highest BCUT2D eigenvalue weighted by atomic mass is 35.5. The van der Waals surface area contributed by atoms with Crippen molar-refractivity contribution in [1.29, 1.82) is 0 Å². The number of carbonyl (C=O) groups is 1. The number of halogens is 4. The first kappa shape index (κ1) is 26.5. The second-order valence-corrected chi connectivity index (χ2v) is 8.14. The molecule has 0 bridgehead atoms. The van der Waals surface area contributed by atoms with Gasteiger partial charge < -0.3 is 19.7 Å². The van der Waals surface area contributed by atoms with Gasteiger partial charge >= 0.3 is 12.4 Å². The third kappa shape index (κ3) is 7.65. The van der Waals surface area contributed by atoms with Crippen LogP contribution in [0.25, 0.3) is 10.2 Å². The Balaban J connectivity index is 0.00000385. The van der Waals surface area contributed by atoms with E-state index in [1.54, 1.807) is 19.2 Å². The molecule has 3 rings (SSSR count). The molecule has 0 fully saturated rings. The van der Waals surface area contributed by atoms with Gasteiger partial charge in [0.25, 0.3) is 0 Å². The molecule has 0 aliphatic carbocycles. The molecule has 0 aliphatic rings. The van der Waals surface area contributed by atoms with Gasteiger partial charge in [0.15, 0.2) is 5.13 Å². The SMILES string of the molecule is COc1ccc(CNC(=O)N(CCN(C)C)c2nc3ccc(OC(F)(F)F)cc3s2)cc1.Cl. The van der Waals surface area contributed by atoms with Crippen LogP contribution in [0, 0.1) is 0 Å². The maximum Gasteiger partial charge on any atom is 0.573 e. The molecule has 0 aliphatic heterocycles. The number of nitrogens with one attached hydrogen (secondary N) is 1. The lowest BCUT2D eigenvalue weighted by molar-refractivity contribution is -0.274. The van der Waals surface area contributed by atoms with Crippen LogP contribution in [0.1, 0.15) is 5.56 Å². The number of urea groups is 1. The number of aromatic nitrogens is 1. The molecule has 0 atom stereocenters. The average Bonchev–Trinajstić information content (AvgIpc) is 3.14. The molecule has 7 nitrogen and oxygen atoms in total. The van der Waals surface area contributed by atoms with Crippen LogP contribution < -0.4 is 19.7 Å². The summed E-state index contributed by atoms with van der Waals surface area (Å²) in [6.07, 6.45) is -4.78. The number of hydrogen-bond donors (Lipinski definition) is 1. The molecule has 1 aromatic heterocycles. The molecule has 2 aromatic carbocycles. The number of benzene rings is 2. The van der Waals surface area contributed by atoms with E-state index in [9.17, 15) is 18.0 Å². The predicted molar refractivity (Wildman–Crippen MR) is 125 cm³/mol. The van der Waals surface area contributed by atoms with Crippen LogP contribution >= 0.6 is 23.7 Å². The zero-order valence-electron chi connectivity index (χ0n) is 18.2. The minimum Gasteiger partial charge on any atom is -0.497 e. The van der Waals surface area contributed by atoms with Crippen LogP contribution in [0.15, 0.2) is 42.5 Å². The van der Waals surface area contributed by atoms with Crippen molar-refractivity contribution < 1.29 is 27.4 Å². The Kier molecular flexibility index (Phi) is 9.15. The fourth-order valence-electron chi connectivity index (χ4n) is 2.81. The first-order valence-electron chi connectivity index (χ1n) is 9.64. The molecule has 2 amide bonds. The number of likely N-dealkylation sites (N-methyl/N-ethyl adjacent to an activating group) is 1. The zero-order valence-corrected chi connectivity index (χ0v) is 19.8. The summed E-state index contributed by atoms with van der Waals surface area (Å²) >= 11 is 1.12. The van der Waals surface area contributed by atoms with Crippen molar-refractivity contribution in [3.05, 3.63) is 48.0 Å². The molecule has 3 aromatic rings. The lowest BCUT2D eigenvalue weighted by Crippen LogP contribution is -2.43. The number of rotatable bonds is 8. The topological polar surface area (TPSA) is 66.9 Å². The summed E-state index contributed by atoms with van der Waals surface area (Å²) < 4.78 is 47.1. The highest BCUT2D eigenvalue weighted by Crippen LogP contribution is 2.33. The molecule has 180 valence electrons. The molecule has 33 heavy (non-hydrogen) atoms. The summed E-state index contributed by atoms with van der Waals surface area (Å²) in [7, 11) is 5.34. The van der Waals surface area contributed by atoms with Gasteiger partial charge in [0.2, 0.25) is 0 Å². The fourth-order valence-corrected chi connectivity index (χ4v) is 3.82. The fraction of sp³-hybridized carbons (Fsp3) is 0.333. The Morgan fingerprint density at radius 3 is 2.36 bits per heavy atom. The number of alkyl halides is 3. The third-order valence-corrected chi connectivity index (χ3v) is 5.47. The number of ether oxygens (including phenoxy) is 2. The van der Waals surface area contributed by atoms with Crippen molar-refractivity contribution >= 4 is 45.1 Å². The van der Waals surface area contributed by atoms with E-state index in [2.05, 4.69) is 15.0 Å². The predicted octanol–water partition coefficient (Wildman–Crippen LogP) is 4.90. The van der Waals surface area contributed by atoms with Gasteiger partial charge in [0.1, 0.15) is 11.5 Å². The number of nitrogens with zero attached hydrogens (tertiary/aromatic N) is 3. The monoisotopic (exact) mass is 504 g/mol. The normalized spacial score (nSPS) is 11.2. The molecule has 1 N–H and O–H groups in total. The maximum atomic E-state index is 12.9. The smallest absolute Gasteiger partial charge is 0.497 e. The Labute approximate surface area is 199 Å². The van der Waals surface area contributed by atoms with E-state index in [-0.39, 0.29) is 24.2 Å². The Morgan fingerprint density at radius 1 is 1.09 bits per heavy atom. The molecule has 0 spiro atoms. The molecule has 0 unspecified atom stereocenters. The third-order valence-electron chi connectivity index (χ3n) is 4.43. The van der Waals surface area contributed by atoms with E-state index >= 15 is 0 Å². The van der Waals surface area contributed by atoms with Crippen molar-refractivity contribution in [3.8, 4) is 11.5 Å². The van der Waals surface area contributed by atoms with Crippen molar-refractivity contribution in [1.82, 2.24) is 15.2 Å². The lowest BCUT2D eigenvalue weighted by atomic mass is 10.2. The van der Waals surface area contributed by atoms with Crippen LogP contribution in [0.5, 0.6) is 11.5 Å². The summed E-state index contributed by atoms with van der Waals surface area (Å²) in [4.78, 5) is 20.8. The van der Waals surface area contributed by atoms with Crippen molar-refractivity contribution in [2.24, 2.45) is 0 Å². The van der Waals surface area contributed by atoms with Gasteiger partial charge in [-0.1, -0.05) is 23.5 Å². The number of thiazole rings is 1. The van der Waals surface area contributed by atoms with Gasteiger partial charge in [-0.2, -0.15) is 0 Å². The highest BCUT2D eigenvalue weighted by molar-refractivity contribution is 7.22. The molecular formula is C21H24ClF3N4O3S. The van der Waals surface area contributed by atoms with E-state index in [1.807, 2.05) is 31.1 Å². The number of hydrogen-bond acceptors (Lipinski definition) is 6. The van der Waals surface area contributed by atoms with Gasteiger partial charge in [-0.05, 0) is 43.9 Å². The van der Waals surface area contributed by atoms with Crippen LogP contribution in [0.4, 0.5) is 23.1 Å². The summed E-state index contributed by atoms with van der Waals surface area (Å²) in [5.74, 6) is 0.389. The lowest BCUT2D eigenvalue weighted by Gasteiger charge is -2.22. The summed E-state index contributed by atoms with van der Waals surface area (Å²) in [6.45, 7) is 1.23. The zero-order chi connectivity index (χ0) is 23.3. The van der Waals surface area contributed by atoms with Gasteiger partial charge in [0.05, 0.1) is 17.3 Å². The van der Waals surface area contributed by atoms with E-state index in [4.69, 9.17) is 4.74 Å². The summed E-state index contributed by atoms with van der Waals surface area (Å²) in [5, 5.41) is 3.25. The van der Waals surface area contributed by atoms with Crippen LogP contribution in [-0.2, 0) is 6.54 Å². The van der Waals surface area contributed by atoms with Gasteiger partial charge in [0, 0.05) is 25.7 Å². The Hall–Kier alpha value is -2.76. The van der Waals surface area contributed by atoms with Crippen LogP contribution in [0.3, 0.4) is 0 Å². The first-order valence-corrected chi connectivity index (χ1v) is 10.5. The summed E-state index contributed by atoms with van der Waals surface area (Å²) in [6, 6.07) is 10.9. The van der Waals surface area contributed by atoms with Gasteiger partial charge in [-0.25, -0.2) is 9.78 Å². The van der Waals surface area contributed by atoms with Crippen molar-refractivity contribution in [3.63, 3.8) is 0 Å². The minimum atomic E-state index is -4.78. The first-order chi connectivity index (χ1) is 15.1. The number of methoxy groups -OCH3 is 1. The van der Waals surface area contributed by atoms with Crippen LogP contribution in [-0.4, -0.2) is 56.6 Å². The molecule has 0 radical (unpaired) electrons. The largest absolute Gasteiger partial charge is 0.573 e. The van der Waals surface area contributed by atoms with Gasteiger partial charge in [-0.3, -0.25) is 4.90 Å². The molecule has 1 heterocycles. The molecule has 0 saturated carbocycles. The van der Waals surface area contributed by atoms with E-state index in [0.29, 0.717) is 35.0 Å². The number of carbonyl (C=O) groups excluding carboxylic acids is 1. The van der Waals surface area contributed by atoms with Crippen LogP contribution in [0.2, 0.25) is 0 Å². The number of anilines is 1. The maximum absolute atomic E-state index is 12.9. The molecule has 0 saturated heterocycles. The van der Waals surface area contributed by atoms with E-state index in [1.165, 1.54) is 23.1 Å². The second-order valence-electron chi connectivity index (χ2n) is 7.14.